The lowest BCUT2D eigenvalue weighted by Crippen LogP contribution is -2.41. The van der Waals surface area contributed by atoms with Gasteiger partial charge in [-0.2, -0.15) is 0 Å². The van der Waals surface area contributed by atoms with Crippen LogP contribution in [0.15, 0.2) is 48.5 Å². The number of methoxy groups -OCH3 is 2. The van der Waals surface area contributed by atoms with Gasteiger partial charge in [0, 0.05) is 12.6 Å². The average Bonchev–Trinajstić information content (AvgIpc) is 2.65. The van der Waals surface area contributed by atoms with Gasteiger partial charge >= 0.3 is 0 Å². The van der Waals surface area contributed by atoms with E-state index in [1.54, 1.807) is 14.2 Å². The molecule has 2 aromatic rings. The molecule has 0 bridgehead atoms. The predicted molar refractivity (Wildman–Crippen MR) is 104 cm³/mol. The number of ether oxygens (including phenoxy) is 2. The number of benzene rings is 2. The summed E-state index contributed by atoms with van der Waals surface area (Å²) in [5.74, 6) is 1.41. The number of amides is 1. The third-order valence-electron chi connectivity index (χ3n) is 4.04. The fraction of sp³-hybridized carbons (Fsp3) is 0.381. The van der Waals surface area contributed by atoms with Crippen LogP contribution in [0.3, 0.4) is 0 Å². The molecular formula is C21H28N2O3. The summed E-state index contributed by atoms with van der Waals surface area (Å²) < 4.78 is 10.6. The molecule has 0 aliphatic rings. The van der Waals surface area contributed by atoms with Gasteiger partial charge in [-0.15, -0.1) is 0 Å². The maximum atomic E-state index is 12.6. The third-order valence-corrected chi connectivity index (χ3v) is 4.04. The van der Waals surface area contributed by atoms with Crippen molar-refractivity contribution in [1.82, 2.24) is 10.6 Å². The quantitative estimate of drug-likeness (QED) is 0.725. The van der Waals surface area contributed by atoms with Gasteiger partial charge in [-0.1, -0.05) is 36.4 Å². The van der Waals surface area contributed by atoms with Crippen LogP contribution in [-0.2, 0) is 11.2 Å². The normalized spacial score (nSPS) is 11.9. The van der Waals surface area contributed by atoms with E-state index in [9.17, 15) is 4.79 Å². The average molecular weight is 356 g/mol. The van der Waals surface area contributed by atoms with Crippen LogP contribution in [0.2, 0.25) is 0 Å². The topological polar surface area (TPSA) is 59.6 Å². The van der Waals surface area contributed by atoms with Crippen LogP contribution in [0.25, 0.3) is 0 Å². The van der Waals surface area contributed by atoms with Gasteiger partial charge in [0.05, 0.1) is 14.2 Å². The van der Waals surface area contributed by atoms with E-state index < -0.39 is 0 Å². The molecular weight excluding hydrogens is 328 g/mol. The lowest BCUT2D eigenvalue weighted by molar-refractivity contribution is -0.123. The Morgan fingerprint density at radius 3 is 2.31 bits per heavy atom. The van der Waals surface area contributed by atoms with Gasteiger partial charge in [0.2, 0.25) is 5.91 Å². The minimum Gasteiger partial charge on any atom is -0.493 e. The smallest absolute Gasteiger partial charge is 0.241 e. The molecule has 26 heavy (non-hydrogen) atoms. The molecule has 0 spiro atoms. The summed E-state index contributed by atoms with van der Waals surface area (Å²) in [7, 11) is 3.25. The fourth-order valence-electron chi connectivity index (χ4n) is 2.77. The SMILES string of the molecule is COc1ccc(CCNC(C(=O)NC(C)C)c2ccccc2)cc1OC. The number of carbonyl (C=O) groups excluding carboxylic acids is 1. The third kappa shape index (κ3) is 5.49. The van der Waals surface area contributed by atoms with Crippen molar-refractivity contribution in [2.24, 2.45) is 0 Å². The Morgan fingerprint density at radius 2 is 1.69 bits per heavy atom. The Hall–Kier alpha value is -2.53. The molecule has 1 atom stereocenters. The number of nitrogens with one attached hydrogen (secondary N) is 2. The van der Waals surface area contributed by atoms with E-state index in [4.69, 9.17) is 9.47 Å². The molecule has 2 aromatic carbocycles. The Balaban J connectivity index is 2.04. The molecule has 1 amide bonds. The molecule has 0 aromatic heterocycles. The van der Waals surface area contributed by atoms with Crippen molar-refractivity contribution in [2.45, 2.75) is 32.4 Å². The zero-order chi connectivity index (χ0) is 18.9. The second kappa shape index (κ2) is 9.82. The first-order valence-electron chi connectivity index (χ1n) is 8.84. The Morgan fingerprint density at radius 1 is 1.00 bits per heavy atom. The van der Waals surface area contributed by atoms with E-state index in [1.807, 2.05) is 62.4 Å². The first-order valence-corrected chi connectivity index (χ1v) is 8.84. The van der Waals surface area contributed by atoms with Gasteiger partial charge in [-0.3, -0.25) is 4.79 Å². The van der Waals surface area contributed by atoms with Crippen molar-refractivity contribution in [2.75, 3.05) is 20.8 Å². The molecule has 0 fully saturated rings. The van der Waals surface area contributed by atoms with Crippen LogP contribution in [0.4, 0.5) is 0 Å². The maximum absolute atomic E-state index is 12.6. The van der Waals surface area contributed by atoms with Crippen molar-refractivity contribution >= 4 is 5.91 Å². The molecule has 5 nitrogen and oxygen atoms in total. The Labute approximate surface area is 155 Å². The van der Waals surface area contributed by atoms with Gasteiger partial charge in [0.1, 0.15) is 6.04 Å². The zero-order valence-electron chi connectivity index (χ0n) is 15.9. The van der Waals surface area contributed by atoms with Gasteiger partial charge in [0.25, 0.3) is 0 Å². The molecule has 0 saturated carbocycles. The molecule has 0 saturated heterocycles. The number of hydrogen-bond acceptors (Lipinski definition) is 4. The number of rotatable bonds is 9. The summed E-state index contributed by atoms with van der Waals surface area (Å²) in [4.78, 5) is 12.6. The minimum atomic E-state index is -0.376. The summed E-state index contributed by atoms with van der Waals surface area (Å²) in [6, 6.07) is 15.4. The molecule has 0 aliphatic carbocycles. The highest BCUT2D eigenvalue weighted by Gasteiger charge is 2.20. The highest BCUT2D eigenvalue weighted by Crippen LogP contribution is 2.27. The summed E-state index contributed by atoms with van der Waals surface area (Å²) in [5, 5.41) is 6.36. The summed E-state index contributed by atoms with van der Waals surface area (Å²) in [6.07, 6.45) is 0.776. The second-order valence-electron chi connectivity index (χ2n) is 6.40. The molecule has 1 unspecified atom stereocenters. The van der Waals surface area contributed by atoms with Crippen molar-refractivity contribution in [3.8, 4) is 11.5 Å². The molecule has 0 heterocycles. The molecule has 2 rings (SSSR count). The van der Waals surface area contributed by atoms with Crippen LogP contribution in [0.1, 0.15) is 31.0 Å². The van der Waals surface area contributed by atoms with Crippen LogP contribution >= 0.6 is 0 Å². The largest absolute Gasteiger partial charge is 0.493 e. The van der Waals surface area contributed by atoms with E-state index in [1.165, 1.54) is 0 Å². The van der Waals surface area contributed by atoms with Crippen LogP contribution < -0.4 is 20.1 Å². The van der Waals surface area contributed by atoms with Gasteiger partial charge in [-0.25, -0.2) is 0 Å². The van der Waals surface area contributed by atoms with Crippen LogP contribution in [0, 0.1) is 0 Å². The van der Waals surface area contributed by atoms with Crippen LogP contribution in [0.5, 0.6) is 11.5 Å². The first kappa shape index (κ1) is 19.8. The molecule has 140 valence electrons. The van der Waals surface area contributed by atoms with E-state index in [2.05, 4.69) is 10.6 Å². The molecule has 0 aliphatic heterocycles. The van der Waals surface area contributed by atoms with Crippen LogP contribution in [-0.4, -0.2) is 32.7 Å². The number of hydrogen-bond donors (Lipinski definition) is 2. The van der Waals surface area contributed by atoms with Crippen molar-refractivity contribution in [3.05, 3.63) is 59.7 Å². The first-order chi connectivity index (χ1) is 12.5. The monoisotopic (exact) mass is 356 g/mol. The zero-order valence-corrected chi connectivity index (χ0v) is 15.9. The summed E-state index contributed by atoms with van der Waals surface area (Å²) in [6.45, 7) is 4.59. The molecule has 0 radical (unpaired) electrons. The van der Waals surface area contributed by atoms with E-state index >= 15 is 0 Å². The summed E-state index contributed by atoms with van der Waals surface area (Å²) in [5.41, 5.74) is 2.07. The fourth-order valence-corrected chi connectivity index (χ4v) is 2.77. The Kier molecular flexibility index (Phi) is 7.48. The Bertz CT molecular complexity index is 702. The molecule has 5 heteroatoms. The lowest BCUT2D eigenvalue weighted by Gasteiger charge is -2.20. The predicted octanol–water partition coefficient (Wildman–Crippen LogP) is 3.10. The van der Waals surface area contributed by atoms with E-state index in [-0.39, 0.29) is 18.0 Å². The standard InChI is InChI=1S/C21H28N2O3/c1-15(2)23-21(24)20(17-8-6-5-7-9-17)22-13-12-16-10-11-18(25-3)19(14-16)26-4/h5-11,14-15,20,22H,12-13H2,1-4H3,(H,23,24). The van der Waals surface area contributed by atoms with Gasteiger partial charge in [0.15, 0.2) is 11.5 Å². The van der Waals surface area contributed by atoms with Crippen molar-refractivity contribution < 1.29 is 14.3 Å². The summed E-state index contributed by atoms with van der Waals surface area (Å²) >= 11 is 0. The van der Waals surface area contributed by atoms with Gasteiger partial charge in [-0.05, 0) is 43.5 Å². The van der Waals surface area contributed by atoms with Gasteiger partial charge < -0.3 is 20.1 Å². The maximum Gasteiger partial charge on any atom is 0.241 e. The van der Waals surface area contributed by atoms with Crippen molar-refractivity contribution in [3.63, 3.8) is 0 Å². The highest BCUT2D eigenvalue weighted by molar-refractivity contribution is 5.83. The number of carbonyl (C=O) groups is 1. The van der Waals surface area contributed by atoms with E-state index in [0.29, 0.717) is 18.0 Å². The molecule has 2 N–H and O–H groups in total. The van der Waals surface area contributed by atoms with E-state index in [0.717, 1.165) is 17.5 Å². The minimum absolute atomic E-state index is 0.0153. The second-order valence-corrected chi connectivity index (χ2v) is 6.40. The highest BCUT2D eigenvalue weighted by atomic mass is 16.5. The van der Waals surface area contributed by atoms with Crippen molar-refractivity contribution in [1.29, 1.82) is 0 Å². The lowest BCUT2D eigenvalue weighted by atomic mass is 10.0.